The molecule has 0 aliphatic carbocycles. The van der Waals surface area contributed by atoms with Gasteiger partial charge in [-0.3, -0.25) is 4.79 Å². The van der Waals surface area contributed by atoms with Crippen molar-refractivity contribution in [3.63, 3.8) is 0 Å². The SMILES string of the molecule is Cc1oc2ccc(NC(=O)N3CCC(C(=O)O)C3)cc2c1C. The Balaban J connectivity index is 1.74. The first-order chi connectivity index (χ1) is 10.5. The number of fused-ring (bicyclic) bond motifs is 1. The molecule has 0 saturated carbocycles. The quantitative estimate of drug-likeness (QED) is 0.893. The highest BCUT2D eigenvalue weighted by molar-refractivity contribution is 5.93. The second-order valence-electron chi connectivity index (χ2n) is 5.69. The summed E-state index contributed by atoms with van der Waals surface area (Å²) < 4.78 is 5.61. The predicted molar refractivity (Wildman–Crippen MR) is 82.0 cm³/mol. The van der Waals surface area contributed by atoms with Crippen molar-refractivity contribution in [2.24, 2.45) is 5.92 Å². The van der Waals surface area contributed by atoms with Gasteiger partial charge in [0, 0.05) is 24.2 Å². The maximum absolute atomic E-state index is 12.2. The Labute approximate surface area is 127 Å². The largest absolute Gasteiger partial charge is 0.481 e. The third-order valence-corrected chi connectivity index (χ3v) is 4.25. The molecule has 1 atom stereocenters. The molecule has 1 unspecified atom stereocenters. The van der Waals surface area contributed by atoms with Crippen LogP contribution in [0.15, 0.2) is 22.6 Å². The van der Waals surface area contributed by atoms with Gasteiger partial charge in [0.25, 0.3) is 0 Å². The number of benzene rings is 1. The zero-order valence-corrected chi connectivity index (χ0v) is 12.5. The van der Waals surface area contributed by atoms with E-state index >= 15 is 0 Å². The molecule has 1 aromatic heterocycles. The molecule has 1 fully saturated rings. The average molecular weight is 302 g/mol. The van der Waals surface area contributed by atoms with Crippen LogP contribution in [0.1, 0.15) is 17.7 Å². The van der Waals surface area contributed by atoms with Crippen molar-refractivity contribution in [2.75, 3.05) is 18.4 Å². The zero-order chi connectivity index (χ0) is 15.9. The lowest BCUT2D eigenvalue weighted by molar-refractivity contribution is -0.141. The van der Waals surface area contributed by atoms with Crippen molar-refractivity contribution in [1.29, 1.82) is 0 Å². The molecular weight excluding hydrogens is 284 g/mol. The number of carboxylic acid groups (broad SMARTS) is 1. The number of hydrogen-bond donors (Lipinski definition) is 2. The number of amides is 2. The number of aliphatic carboxylic acids is 1. The van der Waals surface area contributed by atoms with Crippen molar-refractivity contribution in [3.8, 4) is 0 Å². The number of carbonyl (C=O) groups excluding carboxylic acids is 1. The summed E-state index contributed by atoms with van der Waals surface area (Å²) in [5.41, 5.74) is 2.53. The van der Waals surface area contributed by atoms with E-state index in [0.717, 1.165) is 22.3 Å². The predicted octanol–water partition coefficient (Wildman–Crippen LogP) is 2.99. The van der Waals surface area contributed by atoms with Crippen LogP contribution >= 0.6 is 0 Å². The summed E-state index contributed by atoms with van der Waals surface area (Å²) in [7, 11) is 0. The van der Waals surface area contributed by atoms with Crippen LogP contribution in [0.25, 0.3) is 11.0 Å². The van der Waals surface area contributed by atoms with Crippen molar-refractivity contribution in [3.05, 3.63) is 29.5 Å². The fourth-order valence-corrected chi connectivity index (χ4v) is 2.77. The molecule has 1 aromatic carbocycles. The van der Waals surface area contributed by atoms with Crippen LogP contribution in [-0.4, -0.2) is 35.1 Å². The number of anilines is 1. The van der Waals surface area contributed by atoms with Crippen molar-refractivity contribution in [2.45, 2.75) is 20.3 Å². The number of nitrogens with one attached hydrogen (secondary N) is 1. The Morgan fingerprint density at radius 3 is 2.82 bits per heavy atom. The van der Waals surface area contributed by atoms with E-state index in [9.17, 15) is 9.59 Å². The van der Waals surface area contributed by atoms with E-state index < -0.39 is 11.9 Å². The van der Waals surface area contributed by atoms with Crippen LogP contribution in [0.2, 0.25) is 0 Å². The maximum atomic E-state index is 12.2. The molecule has 2 aromatic rings. The van der Waals surface area contributed by atoms with E-state index in [0.29, 0.717) is 18.7 Å². The van der Waals surface area contributed by atoms with Gasteiger partial charge in [0.15, 0.2) is 0 Å². The highest BCUT2D eigenvalue weighted by Crippen LogP contribution is 2.27. The molecule has 1 aliphatic heterocycles. The fraction of sp³-hybridized carbons (Fsp3) is 0.375. The summed E-state index contributed by atoms with van der Waals surface area (Å²) in [4.78, 5) is 24.7. The number of hydrogen-bond acceptors (Lipinski definition) is 3. The molecule has 2 heterocycles. The molecule has 2 amide bonds. The lowest BCUT2D eigenvalue weighted by Crippen LogP contribution is -2.33. The molecular formula is C16H18N2O4. The minimum Gasteiger partial charge on any atom is -0.481 e. The van der Waals surface area contributed by atoms with Crippen LogP contribution in [0.5, 0.6) is 0 Å². The lowest BCUT2D eigenvalue weighted by atomic mass is 10.1. The summed E-state index contributed by atoms with van der Waals surface area (Å²) in [5.74, 6) is -0.449. The average Bonchev–Trinajstić information content (AvgIpc) is 3.06. The number of carboxylic acids is 1. The minimum absolute atomic E-state index is 0.257. The van der Waals surface area contributed by atoms with E-state index in [4.69, 9.17) is 9.52 Å². The zero-order valence-electron chi connectivity index (χ0n) is 12.5. The molecule has 3 rings (SSSR count). The monoisotopic (exact) mass is 302 g/mol. The number of urea groups is 1. The molecule has 0 bridgehead atoms. The van der Waals surface area contributed by atoms with E-state index in [-0.39, 0.29) is 12.6 Å². The second-order valence-corrected chi connectivity index (χ2v) is 5.69. The van der Waals surface area contributed by atoms with Crippen LogP contribution < -0.4 is 5.32 Å². The Morgan fingerprint density at radius 2 is 2.14 bits per heavy atom. The highest BCUT2D eigenvalue weighted by atomic mass is 16.4. The summed E-state index contributed by atoms with van der Waals surface area (Å²) in [6, 6.07) is 5.23. The summed E-state index contributed by atoms with van der Waals surface area (Å²) >= 11 is 0. The number of nitrogens with zero attached hydrogens (tertiary/aromatic N) is 1. The first-order valence-electron chi connectivity index (χ1n) is 7.24. The van der Waals surface area contributed by atoms with Crippen molar-refractivity contribution in [1.82, 2.24) is 4.90 Å². The van der Waals surface area contributed by atoms with Gasteiger partial charge in [-0.15, -0.1) is 0 Å². The number of carbonyl (C=O) groups is 2. The Kier molecular flexibility index (Phi) is 3.52. The van der Waals surface area contributed by atoms with Crippen LogP contribution in [0.3, 0.4) is 0 Å². The summed E-state index contributed by atoms with van der Waals surface area (Å²) in [6.07, 6.45) is 0.502. The van der Waals surface area contributed by atoms with Gasteiger partial charge in [0.2, 0.25) is 0 Å². The van der Waals surface area contributed by atoms with Gasteiger partial charge in [-0.25, -0.2) is 4.79 Å². The Hall–Kier alpha value is -2.50. The fourth-order valence-electron chi connectivity index (χ4n) is 2.77. The lowest BCUT2D eigenvalue weighted by Gasteiger charge is -2.16. The van der Waals surface area contributed by atoms with Crippen LogP contribution in [0, 0.1) is 19.8 Å². The molecule has 6 heteroatoms. The highest BCUT2D eigenvalue weighted by Gasteiger charge is 2.30. The van der Waals surface area contributed by atoms with E-state index in [1.165, 1.54) is 4.90 Å². The van der Waals surface area contributed by atoms with Gasteiger partial charge in [0.1, 0.15) is 11.3 Å². The van der Waals surface area contributed by atoms with Crippen LogP contribution in [0.4, 0.5) is 10.5 Å². The molecule has 116 valence electrons. The molecule has 2 N–H and O–H groups in total. The van der Waals surface area contributed by atoms with Crippen molar-refractivity contribution < 1.29 is 19.1 Å². The third kappa shape index (κ3) is 2.52. The summed E-state index contributed by atoms with van der Waals surface area (Å²) in [5, 5.41) is 12.8. The summed E-state index contributed by atoms with van der Waals surface area (Å²) in [6.45, 7) is 4.61. The van der Waals surface area contributed by atoms with E-state index in [1.54, 1.807) is 6.07 Å². The topological polar surface area (TPSA) is 82.8 Å². The Morgan fingerprint density at radius 1 is 1.36 bits per heavy atom. The number of furan rings is 1. The number of likely N-dealkylation sites (tertiary alicyclic amines) is 1. The molecule has 22 heavy (non-hydrogen) atoms. The minimum atomic E-state index is -0.846. The number of aryl methyl sites for hydroxylation is 2. The normalized spacial score (nSPS) is 17.9. The van der Waals surface area contributed by atoms with Crippen molar-refractivity contribution >= 4 is 28.7 Å². The van der Waals surface area contributed by atoms with E-state index in [2.05, 4.69) is 5.32 Å². The molecule has 1 saturated heterocycles. The molecule has 1 aliphatic rings. The van der Waals surface area contributed by atoms with Gasteiger partial charge in [-0.1, -0.05) is 0 Å². The molecule has 0 radical (unpaired) electrons. The van der Waals surface area contributed by atoms with Crippen LogP contribution in [-0.2, 0) is 4.79 Å². The molecule has 0 spiro atoms. The van der Waals surface area contributed by atoms with Gasteiger partial charge in [-0.05, 0) is 44.0 Å². The molecule has 6 nitrogen and oxygen atoms in total. The first kappa shape index (κ1) is 14.4. The first-order valence-corrected chi connectivity index (χ1v) is 7.24. The van der Waals surface area contributed by atoms with Gasteiger partial charge in [-0.2, -0.15) is 0 Å². The van der Waals surface area contributed by atoms with Gasteiger partial charge >= 0.3 is 12.0 Å². The van der Waals surface area contributed by atoms with Gasteiger partial charge in [0.05, 0.1) is 5.92 Å². The smallest absolute Gasteiger partial charge is 0.321 e. The standard InChI is InChI=1S/C16H18N2O4/c1-9-10(2)22-14-4-3-12(7-13(9)14)17-16(21)18-6-5-11(8-18)15(19)20/h3-4,7,11H,5-6,8H2,1-2H3,(H,17,21)(H,19,20). The van der Waals surface area contributed by atoms with E-state index in [1.807, 2.05) is 26.0 Å². The van der Waals surface area contributed by atoms with Gasteiger partial charge < -0.3 is 19.7 Å². The second kappa shape index (κ2) is 5.36. The third-order valence-electron chi connectivity index (χ3n) is 4.25. The number of rotatable bonds is 2. The Bertz CT molecular complexity index is 750. The maximum Gasteiger partial charge on any atom is 0.321 e.